The predicted octanol–water partition coefficient (Wildman–Crippen LogP) is 29.7. The van der Waals surface area contributed by atoms with Crippen LogP contribution in [0.5, 0.6) is 0 Å². The fraction of sp³-hybridized carbons (Fsp3) is 0.0413. The molecule has 5 aromatic heterocycles. The van der Waals surface area contributed by atoms with Gasteiger partial charge in [-0.25, -0.2) is 80.8 Å². The van der Waals surface area contributed by atoms with Crippen LogP contribution in [0.25, 0.3) is 135 Å². The second-order valence-corrected chi connectivity index (χ2v) is 40.6. The molecule has 724 valence electrons. The molecule has 0 bridgehead atoms. The number of rotatable bonds is 23. The molecule has 0 aliphatic heterocycles. The van der Waals surface area contributed by atoms with Crippen LogP contribution < -0.4 is 37.1 Å². The summed E-state index contributed by atoms with van der Waals surface area (Å²) in [5, 5.41) is 8.36. The Kier molecular flexibility index (Phi) is 28.6. The number of nitrogens with zero attached hydrogens (tertiary/aromatic N) is 7. The van der Waals surface area contributed by atoms with Crippen LogP contribution in [-0.4, -0.2) is 47.0 Å². The summed E-state index contributed by atoms with van der Waals surface area (Å²) in [6.45, 7) is 2.15. The number of pyridine rings is 1. The van der Waals surface area contributed by atoms with Gasteiger partial charge in [0.05, 0.1) is 65.6 Å². The maximum absolute atomic E-state index is 15.6. The third-order valence-electron chi connectivity index (χ3n) is 25.5. The molecule has 0 aliphatic carbocycles. The Morgan fingerprint density at radius 2 is 0.524 bits per heavy atom. The first-order valence-corrected chi connectivity index (χ1v) is 51.2. The first-order chi connectivity index (χ1) is 71.6. The summed E-state index contributed by atoms with van der Waals surface area (Å²) >= 11 is 0. The van der Waals surface area contributed by atoms with E-state index in [1.807, 2.05) is 346 Å². The maximum Gasteiger partial charge on any atom is 0.200 e. The monoisotopic (exact) mass is 2020 g/mol. The van der Waals surface area contributed by atoms with Crippen LogP contribution in [0, 0.1) is 87.3 Å². The zero-order valence-electron chi connectivity index (χ0n) is 77.9. The molecule has 0 saturated heterocycles. The van der Waals surface area contributed by atoms with Crippen molar-refractivity contribution < 1.29 is 70.3 Å². The summed E-state index contributed by atoms with van der Waals surface area (Å²) in [5.41, 5.74) is 8.89. The van der Waals surface area contributed by atoms with E-state index in [-0.39, 0.29) is 5.82 Å². The smallest absolute Gasteiger partial charge is 0.200 e. The number of hydrogen-bond acceptors (Lipinski definition) is 5. The molecule has 22 aromatic rings. The molecule has 0 amide bonds. The Bertz CT molecular complexity index is 8460. The number of aromatic nitrogens is 7. The van der Waals surface area contributed by atoms with Crippen LogP contribution in [0.15, 0.2) is 411 Å². The quantitative estimate of drug-likeness (QED) is 0.0276. The maximum atomic E-state index is 15.6. The summed E-state index contributed by atoms with van der Waals surface area (Å²) in [7, 11) is -3.26. The molecule has 147 heavy (non-hydrogen) atoms. The number of hydrogen-bond donors (Lipinski definition) is 0. The van der Waals surface area contributed by atoms with Crippen LogP contribution in [0.1, 0.15) is 16.7 Å². The SMILES string of the molecule is CP(c1ccccc1)c1ccc2occc2c1-c1nc(-c2ccccc2)c(-c2ccccc2)n1Cc1c(F)c(F)c(F)c(F)c1F.CP(c1ccccc1)c1cccc(-c2ccccc2)c1-c1nc(-c2ccccc2)c(-c2ccccc2)n1Cc1c(F)c(F)c(F)c(F)c1F.Fc1c(F)c(F)c(Cn2c(-c3c(P(c4ccccc4)c4ccccc4)ccc4ncccc34)nc(-c3ccccc3)c2-c2ccccc2)c(F)c1F. The minimum Gasteiger partial charge on any atom is -0.464 e. The first kappa shape index (κ1) is 98.0. The van der Waals surface area contributed by atoms with Gasteiger partial charge in [0.25, 0.3) is 0 Å². The van der Waals surface area contributed by atoms with Gasteiger partial charge in [-0.2, -0.15) is 0 Å². The molecule has 0 radical (unpaired) electrons. The molecule has 26 heteroatoms. The molecular weight excluding hydrogens is 1950 g/mol. The molecule has 22 rings (SSSR count). The van der Waals surface area contributed by atoms with Gasteiger partial charge in [0, 0.05) is 83.7 Å². The number of fused-ring (bicyclic) bond motifs is 2. The van der Waals surface area contributed by atoms with Crippen molar-refractivity contribution in [3.05, 3.63) is 511 Å². The lowest BCUT2D eigenvalue weighted by atomic mass is 9.99. The fourth-order valence-electron chi connectivity index (χ4n) is 18.5. The number of halogens is 15. The summed E-state index contributed by atoms with van der Waals surface area (Å²) in [6, 6.07) is 124. The van der Waals surface area contributed by atoms with Crippen LogP contribution in [0.2, 0.25) is 0 Å². The normalized spacial score (nSPS) is 11.8. The van der Waals surface area contributed by atoms with Crippen LogP contribution in [-0.2, 0) is 19.6 Å². The van der Waals surface area contributed by atoms with Gasteiger partial charge in [-0.3, -0.25) is 4.98 Å². The van der Waals surface area contributed by atoms with Crippen molar-refractivity contribution in [2.45, 2.75) is 19.6 Å². The van der Waals surface area contributed by atoms with E-state index >= 15 is 26.3 Å². The van der Waals surface area contributed by atoms with Gasteiger partial charge in [0.1, 0.15) is 23.1 Å². The third-order valence-corrected chi connectivity index (χ3v) is 32.3. The summed E-state index contributed by atoms with van der Waals surface area (Å²) in [5.74, 6) is -29.0. The topological polar surface area (TPSA) is 79.5 Å². The zero-order chi connectivity index (χ0) is 102. The molecule has 2 atom stereocenters. The zero-order valence-corrected chi connectivity index (χ0v) is 80.5. The minimum atomic E-state index is -2.21. The van der Waals surface area contributed by atoms with Gasteiger partial charge < -0.3 is 18.1 Å². The summed E-state index contributed by atoms with van der Waals surface area (Å²) < 4.78 is 234. The lowest BCUT2D eigenvalue weighted by Crippen LogP contribution is -2.23. The average Bonchev–Trinajstić information content (AvgIpc) is 1.53. The van der Waals surface area contributed by atoms with E-state index in [1.54, 1.807) is 38.3 Å². The second kappa shape index (κ2) is 42.8. The van der Waals surface area contributed by atoms with Crippen LogP contribution in [0.4, 0.5) is 65.9 Å². The van der Waals surface area contributed by atoms with Crippen LogP contribution in [0.3, 0.4) is 0 Å². The van der Waals surface area contributed by atoms with E-state index in [4.69, 9.17) is 19.4 Å². The Balaban J connectivity index is 0.000000134. The van der Waals surface area contributed by atoms with Crippen molar-refractivity contribution in [3.63, 3.8) is 0 Å². The van der Waals surface area contributed by atoms with E-state index in [2.05, 4.69) is 54.7 Å². The van der Waals surface area contributed by atoms with Gasteiger partial charge in [-0.15, -0.1) is 0 Å². The Morgan fingerprint density at radius 1 is 0.238 bits per heavy atom. The third kappa shape index (κ3) is 19.1. The van der Waals surface area contributed by atoms with E-state index in [1.165, 1.54) is 0 Å². The number of imidazole rings is 3. The standard InChI is InChI=1S/C43H27F5N3P.C41H28F5N2P.C37H24F5N2OP/c44-36-32(37(45)39(47)40(48)38(36)46)26-51-42(28-16-7-2-8-17-28)41(27-14-5-1-6-15-27)50-43(51)35-31-22-13-25-49-33(31)23-24-34(35)52(29-18-9-3-10-19-29)30-20-11-4-12-21-30;1-49(29-21-12-5-13-22-29)32-24-14-23-30(26-15-6-2-7-16-26)33(32)41-47-39(27-17-8-3-9-18-27)40(28-19-10-4-11-20-28)48(41)25-31-34(42)36(44)38(46)37(45)35(31)43;1-46(24-15-9-4-10-16-24)28-18-17-27-25(19-20-45-27)29(28)37-43-35(22-11-5-2-6-12-22)36(23-13-7-3-8-14-23)44(37)21-26-30(38)32(40)34(42)33(41)31(26)39/h1-25H,26H2;2-24H,25H2,1H3;2-20H,21H2,1H3. The first-order valence-electron chi connectivity index (χ1n) is 46.3. The Morgan fingerprint density at radius 3 is 0.871 bits per heavy atom. The van der Waals surface area contributed by atoms with E-state index in [0.29, 0.717) is 112 Å². The predicted molar refractivity (Wildman–Crippen MR) is 558 cm³/mol. The largest absolute Gasteiger partial charge is 0.464 e. The number of furan rings is 1. The van der Waals surface area contributed by atoms with E-state index in [9.17, 15) is 39.5 Å². The molecule has 0 aliphatic rings. The van der Waals surface area contributed by atoms with Gasteiger partial charge in [-0.05, 0) is 116 Å². The molecule has 2 unspecified atom stereocenters. The highest BCUT2D eigenvalue weighted by atomic mass is 31.1. The molecule has 17 aromatic carbocycles. The molecule has 0 N–H and O–H groups in total. The Labute approximate surface area is 838 Å². The van der Waals surface area contributed by atoms with Crippen molar-refractivity contribution in [3.8, 4) is 113 Å². The van der Waals surface area contributed by atoms with E-state index in [0.717, 1.165) is 53.8 Å². The molecule has 0 saturated carbocycles. The van der Waals surface area contributed by atoms with Crippen molar-refractivity contribution in [2.24, 2.45) is 0 Å². The number of benzene rings is 17. The molecule has 0 fully saturated rings. The van der Waals surface area contributed by atoms with Crippen molar-refractivity contribution >= 4 is 82.8 Å². The highest BCUT2D eigenvalue weighted by molar-refractivity contribution is 7.80. The van der Waals surface area contributed by atoms with Gasteiger partial charge in [0.15, 0.2) is 69.8 Å². The van der Waals surface area contributed by atoms with Crippen LogP contribution >= 0.6 is 23.8 Å². The minimum absolute atomic E-state index is 0.287. The molecule has 0 spiro atoms. The molecule has 5 heterocycles. The average molecular weight is 2020 g/mol. The Hall–Kier alpha value is -16.4. The second-order valence-electron chi connectivity index (χ2n) is 34.2. The van der Waals surface area contributed by atoms with Gasteiger partial charge in [-0.1, -0.05) is 364 Å². The molecule has 8 nitrogen and oxygen atoms in total. The highest BCUT2D eigenvalue weighted by Crippen LogP contribution is 2.50. The van der Waals surface area contributed by atoms with Gasteiger partial charge >= 0.3 is 0 Å². The van der Waals surface area contributed by atoms with Crippen molar-refractivity contribution in [2.75, 3.05) is 13.3 Å². The van der Waals surface area contributed by atoms with Crippen molar-refractivity contribution in [1.29, 1.82) is 0 Å². The van der Waals surface area contributed by atoms with E-state index < -0.39 is 147 Å². The lowest BCUT2D eigenvalue weighted by Gasteiger charge is -2.24. The summed E-state index contributed by atoms with van der Waals surface area (Å²) in [6.07, 6.45) is 3.22. The lowest BCUT2D eigenvalue weighted by molar-refractivity contribution is 0.368. The highest BCUT2D eigenvalue weighted by Gasteiger charge is 2.38. The fourth-order valence-corrected chi connectivity index (χ4v) is 24.5. The van der Waals surface area contributed by atoms with Gasteiger partial charge in [0.2, 0.25) is 17.5 Å². The van der Waals surface area contributed by atoms with Crippen molar-refractivity contribution in [1.82, 2.24) is 33.6 Å². The summed E-state index contributed by atoms with van der Waals surface area (Å²) in [4.78, 5) is 20.3. The molecular formula is C121H79F15N7OP3.